The molecule has 0 radical (unpaired) electrons. The molecule has 2 aliphatic heterocycles. The van der Waals surface area contributed by atoms with Crippen LogP contribution in [0.15, 0.2) is 85.1 Å². The zero-order valence-electron chi connectivity index (χ0n) is 25.1. The number of carbonyl (C=O) groups is 1. The van der Waals surface area contributed by atoms with Gasteiger partial charge in [0, 0.05) is 52.9 Å². The average Bonchev–Trinajstić information content (AvgIpc) is 3.38. The predicted octanol–water partition coefficient (Wildman–Crippen LogP) is 7.15. The van der Waals surface area contributed by atoms with E-state index in [0.29, 0.717) is 19.4 Å². The topological polar surface area (TPSA) is 92.8 Å². The van der Waals surface area contributed by atoms with E-state index in [1.165, 1.54) is 6.92 Å². The molecule has 0 bridgehead atoms. The van der Waals surface area contributed by atoms with E-state index in [0.717, 1.165) is 52.7 Å². The van der Waals surface area contributed by atoms with Gasteiger partial charge in [0.15, 0.2) is 0 Å². The van der Waals surface area contributed by atoms with Gasteiger partial charge in [-0.2, -0.15) is 0 Å². The maximum atomic E-state index is 11.9. The molecule has 8 nitrogen and oxygen atoms in total. The average molecular weight is 585 g/mol. The minimum Gasteiger partial charge on any atom is -0.466 e. The number of rotatable bonds is 8. The predicted molar refractivity (Wildman–Crippen MR) is 165 cm³/mol. The van der Waals surface area contributed by atoms with Gasteiger partial charge in [-0.15, -0.1) is 0 Å². The number of aromatic nitrogens is 1. The Balaban J connectivity index is 0.000000559. The van der Waals surface area contributed by atoms with Crippen molar-refractivity contribution in [3.05, 3.63) is 112 Å². The maximum Gasteiger partial charge on any atom is 0.302 e. The van der Waals surface area contributed by atoms with Crippen molar-refractivity contribution >= 4 is 16.9 Å². The molecule has 2 aliphatic rings. The SMILES string of the molecule is CCCCn1cc([C@]2(c3ccccc3)C[C@@H](C[N+](=O)[O-])[C@H]3Cc4ccccc4O[C@H]3O2)c2ccccc21.CCOC(C)=O. The Labute approximate surface area is 252 Å². The molecule has 1 aromatic heterocycles. The normalized spacial score (nSPS) is 22.3. The number of esters is 1. The van der Waals surface area contributed by atoms with Crippen LogP contribution in [-0.2, 0) is 32.8 Å². The molecule has 0 unspecified atom stereocenters. The molecular formula is C35H40N2O6. The van der Waals surface area contributed by atoms with Crippen LogP contribution in [0, 0.1) is 22.0 Å². The number of hydrogen-bond donors (Lipinski definition) is 0. The number of ether oxygens (including phenoxy) is 3. The summed E-state index contributed by atoms with van der Waals surface area (Å²) < 4.78 is 20.3. The molecule has 6 rings (SSSR count). The summed E-state index contributed by atoms with van der Waals surface area (Å²) in [5.74, 6) is 0.293. The molecule has 43 heavy (non-hydrogen) atoms. The molecule has 3 heterocycles. The van der Waals surface area contributed by atoms with Crippen LogP contribution in [0.1, 0.15) is 56.7 Å². The Bertz CT molecular complexity index is 1550. The Morgan fingerprint density at radius 2 is 1.77 bits per heavy atom. The quantitative estimate of drug-likeness (QED) is 0.124. The van der Waals surface area contributed by atoms with Crippen LogP contribution in [0.2, 0.25) is 0 Å². The molecule has 226 valence electrons. The van der Waals surface area contributed by atoms with E-state index < -0.39 is 11.9 Å². The molecule has 8 heteroatoms. The number of aryl methyl sites for hydroxylation is 1. The lowest BCUT2D eigenvalue weighted by Gasteiger charge is -2.49. The minimum atomic E-state index is -0.869. The van der Waals surface area contributed by atoms with Crippen LogP contribution in [-0.4, -0.2) is 34.9 Å². The van der Waals surface area contributed by atoms with E-state index >= 15 is 0 Å². The fourth-order valence-electron chi connectivity index (χ4n) is 6.52. The first-order valence-electron chi connectivity index (χ1n) is 15.2. The van der Waals surface area contributed by atoms with Crippen LogP contribution in [0.3, 0.4) is 0 Å². The zero-order valence-corrected chi connectivity index (χ0v) is 25.1. The number of nitrogens with zero attached hydrogens (tertiary/aromatic N) is 2. The smallest absolute Gasteiger partial charge is 0.302 e. The molecule has 0 N–H and O–H groups in total. The van der Waals surface area contributed by atoms with Crippen LogP contribution in [0.25, 0.3) is 10.9 Å². The molecule has 0 aliphatic carbocycles. The highest BCUT2D eigenvalue weighted by molar-refractivity contribution is 5.85. The van der Waals surface area contributed by atoms with Crippen molar-refractivity contribution in [2.45, 2.75) is 64.9 Å². The highest BCUT2D eigenvalue weighted by atomic mass is 16.7. The molecule has 3 aromatic carbocycles. The molecule has 0 spiro atoms. The van der Waals surface area contributed by atoms with Gasteiger partial charge in [0.25, 0.3) is 0 Å². The van der Waals surface area contributed by atoms with Crippen LogP contribution in [0.5, 0.6) is 5.75 Å². The summed E-state index contributed by atoms with van der Waals surface area (Å²) in [6, 6.07) is 26.6. The molecule has 4 aromatic rings. The number of benzene rings is 3. The van der Waals surface area contributed by atoms with Gasteiger partial charge >= 0.3 is 5.97 Å². The minimum absolute atomic E-state index is 0.0921. The van der Waals surface area contributed by atoms with Gasteiger partial charge in [0.1, 0.15) is 11.4 Å². The first-order valence-corrected chi connectivity index (χ1v) is 15.2. The van der Waals surface area contributed by atoms with Gasteiger partial charge in [-0.25, -0.2) is 0 Å². The lowest BCUT2D eigenvalue weighted by Crippen LogP contribution is -2.53. The summed E-state index contributed by atoms with van der Waals surface area (Å²) in [7, 11) is 0. The van der Waals surface area contributed by atoms with Crippen molar-refractivity contribution in [1.29, 1.82) is 0 Å². The first-order chi connectivity index (χ1) is 20.9. The summed E-state index contributed by atoms with van der Waals surface area (Å²) in [4.78, 5) is 21.6. The summed E-state index contributed by atoms with van der Waals surface area (Å²) in [6.07, 6.45) is 5.05. The lowest BCUT2D eigenvalue weighted by atomic mass is 9.70. The second-order valence-electron chi connectivity index (χ2n) is 11.3. The van der Waals surface area contributed by atoms with Gasteiger partial charge in [-0.1, -0.05) is 80.1 Å². The highest BCUT2D eigenvalue weighted by Gasteiger charge is 2.53. The third kappa shape index (κ3) is 6.44. The molecule has 1 fully saturated rings. The Morgan fingerprint density at radius 3 is 2.47 bits per heavy atom. The highest BCUT2D eigenvalue weighted by Crippen LogP contribution is 2.52. The third-order valence-electron chi connectivity index (χ3n) is 8.44. The van der Waals surface area contributed by atoms with E-state index in [4.69, 9.17) is 9.47 Å². The van der Waals surface area contributed by atoms with Gasteiger partial charge in [0.2, 0.25) is 12.8 Å². The van der Waals surface area contributed by atoms with Crippen molar-refractivity contribution in [3.63, 3.8) is 0 Å². The van der Waals surface area contributed by atoms with Crippen LogP contribution < -0.4 is 4.74 Å². The van der Waals surface area contributed by atoms with Crippen molar-refractivity contribution in [2.75, 3.05) is 13.2 Å². The number of carbonyl (C=O) groups excluding carboxylic acids is 1. The monoisotopic (exact) mass is 584 g/mol. The summed E-state index contributed by atoms with van der Waals surface area (Å²) in [5.41, 5.74) is 3.44. The molecule has 0 amide bonds. The Hall–Kier alpha value is -4.17. The number of unbranched alkanes of at least 4 members (excludes halogenated alkanes) is 1. The van der Waals surface area contributed by atoms with Crippen molar-refractivity contribution in [1.82, 2.24) is 4.57 Å². The van der Waals surface area contributed by atoms with E-state index in [9.17, 15) is 14.9 Å². The van der Waals surface area contributed by atoms with Crippen molar-refractivity contribution in [3.8, 4) is 5.75 Å². The standard InChI is InChI=1S/C31H32N2O4.C4H8O2/c1-2-3-17-32-21-27(25-14-8-9-15-28(25)32)31(24-12-5-4-6-13-24)19-23(20-33(34)35)26-18-22-11-7-10-16-29(22)36-30(26)37-31;1-3-6-4(2)5/h4-16,21,23,26,30H,2-3,17-20H2,1H3;3H2,1-2H3/t23-,26+,30-,31+;/m0./s1. The van der Waals surface area contributed by atoms with Gasteiger partial charge in [0.05, 0.1) is 6.61 Å². The Morgan fingerprint density at radius 1 is 1.05 bits per heavy atom. The Kier molecular flexibility index (Phi) is 9.46. The number of hydrogen-bond acceptors (Lipinski definition) is 6. The van der Waals surface area contributed by atoms with Gasteiger partial charge in [-0.3, -0.25) is 14.9 Å². The van der Waals surface area contributed by atoms with Crippen molar-refractivity contribution < 1.29 is 23.9 Å². The largest absolute Gasteiger partial charge is 0.466 e. The summed E-state index contributed by atoms with van der Waals surface area (Å²) in [5, 5.41) is 13.0. The van der Waals surface area contributed by atoms with E-state index in [1.807, 2.05) is 36.4 Å². The van der Waals surface area contributed by atoms with E-state index in [2.05, 4.69) is 64.9 Å². The van der Waals surface area contributed by atoms with Gasteiger partial charge in [-0.05, 0) is 49.4 Å². The maximum absolute atomic E-state index is 11.9. The number of nitro groups is 1. The van der Waals surface area contributed by atoms with Crippen LogP contribution in [0.4, 0.5) is 0 Å². The van der Waals surface area contributed by atoms with E-state index in [1.54, 1.807) is 6.92 Å². The fraction of sp³-hybridized carbons (Fsp3) is 0.400. The van der Waals surface area contributed by atoms with E-state index in [-0.39, 0.29) is 29.3 Å². The molecular weight excluding hydrogens is 544 g/mol. The second-order valence-corrected chi connectivity index (χ2v) is 11.3. The second kappa shape index (κ2) is 13.4. The zero-order chi connectivity index (χ0) is 30.4. The summed E-state index contributed by atoms with van der Waals surface area (Å²) >= 11 is 0. The number of para-hydroxylation sites is 2. The van der Waals surface area contributed by atoms with Crippen LogP contribution >= 0.6 is 0 Å². The fourth-order valence-corrected chi connectivity index (χ4v) is 6.52. The van der Waals surface area contributed by atoms with Crippen molar-refractivity contribution in [2.24, 2.45) is 11.8 Å². The number of fused-ring (bicyclic) bond motifs is 3. The molecule has 4 atom stereocenters. The lowest BCUT2D eigenvalue weighted by molar-refractivity contribution is -0.495. The molecule has 0 saturated carbocycles. The van der Waals surface area contributed by atoms with Gasteiger partial charge < -0.3 is 18.8 Å². The first kappa shape index (κ1) is 30.3. The third-order valence-corrected chi connectivity index (χ3v) is 8.44. The summed E-state index contributed by atoms with van der Waals surface area (Å²) in [6.45, 7) is 6.65. The molecule has 1 saturated heterocycles.